The maximum atomic E-state index is 15.6. The first kappa shape index (κ1) is 56.8. The Morgan fingerprint density at radius 3 is 1.20 bits per heavy atom. The van der Waals surface area contributed by atoms with Crippen molar-refractivity contribution >= 4 is 44.3 Å². The molecular formula is C72H52F9N3O2. The second-order valence-electron chi connectivity index (χ2n) is 21.9. The standard InChI is InChI=1S/C72H52F9N3O2/c1-40-30-33-51-55(36-40)82-64(45-22-12-6-13-23-45)61(51)58(68(85)71(76,77)78)49-28-16-27-48(37-49)57-42(3)32-35-53-62(65(84-67(53)57)46-24-14-7-15-25-46)59(69(86)72(79,80)81)50-29-17-26-47(38-50)56-41(2)31-34-52-60(63(83-66(52)56)44-20-10-5-11-21-44)54(39-70(73,74)75)43-18-8-4-9-19-43/h4-38,54,58-59,82-84H,39H2,1-3H3/t54-,58-,59+/m0/s1. The summed E-state index contributed by atoms with van der Waals surface area (Å²) in [5.74, 6) is -9.20. The molecule has 9 aromatic carbocycles. The average molecular weight is 1160 g/mol. The molecule has 0 bridgehead atoms. The molecule has 0 unspecified atom stereocenters. The number of aromatic nitrogens is 3. The number of aryl methyl sites for hydroxylation is 3. The van der Waals surface area contributed by atoms with Gasteiger partial charge in [-0.05, 0) is 106 Å². The van der Waals surface area contributed by atoms with Crippen molar-refractivity contribution < 1.29 is 49.1 Å². The van der Waals surface area contributed by atoms with E-state index < -0.39 is 54.3 Å². The van der Waals surface area contributed by atoms with Crippen LogP contribution in [0.5, 0.6) is 0 Å². The van der Waals surface area contributed by atoms with Crippen LogP contribution in [0.25, 0.3) is 88.7 Å². The number of hydrogen-bond donors (Lipinski definition) is 3. The third-order valence-corrected chi connectivity index (χ3v) is 16.3. The van der Waals surface area contributed by atoms with E-state index in [0.717, 1.165) is 5.56 Å². The highest BCUT2D eigenvalue weighted by Gasteiger charge is 2.48. The van der Waals surface area contributed by atoms with Crippen LogP contribution in [0.2, 0.25) is 0 Å². The van der Waals surface area contributed by atoms with Crippen LogP contribution in [0.3, 0.4) is 0 Å². The first-order chi connectivity index (χ1) is 41.1. The van der Waals surface area contributed by atoms with Crippen LogP contribution >= 0.6 is 0 Å². The molecule has 0 fully saturated rings. The smallest absolute Gasteiger partial charge is 0.354 e. The number of halogens is 9. The zero-order chi connectivity index (χ0) is 60.4. The molecule has 3 atom stereocenters. The number of aromatic amines is 3. The molecule has 0 aliphatic rings. The molecular weight excluding hydrogens is 1110 g/mol. The number of nitrogens with one attached hydrogen (secondary N) is 3. The van der Waals surface area contributed by atoms with Crippen LogP contribution in [0.15, 0.2) is 212 Å². The summed E-state index contributed by atoms with van der Waals surface area (Å²) in [6.07, 6.45) is -16.5. The van der Waals surface area contributed by atoms with E-state index in [2.05, 4.69) is 15.0 Å². The average Bonchev–Trinajstić information content (AvgIpc) is 1.66. The summed E-state index contributed by atoms with van der Waals surface area (Å²) in [7, 11) is 0. The minimum Gasteiger partial charge on any atom is -0.354 e. The SMILES string of the molecule is Cc1ccc2c([C@@H](C(=O)C(F)(F)F)c3cccc(-c4c(C)ccc5c([C@H](C(=O)C(F)(F)F)c6cccc(-c7c(C)ccc8c([C@@H](CC(F)(F)F)c9ccccc9)c(-c9ccccc9)[nH]c78)c6)c(-c6ccccc6)[nH]c45)c3)c(-c3ccccc3)[nH]c2c1. The van der Waals surface area contributed by atoms with Gasteiger partial charge in [0.1, 0.15) is 0 Å². The van der Waals surface area contributed by atoms with Crippen molar-refractivity contribution in [3.8, 4) is 56.0 Å². The third kappa shape index (κ3) is 10.6. The van der Waals surface area contributed by atoms with E-state index >= 15 is 26.3 Å². The molecule has 12 rings (SSSR count). The summed E-state index contributed by atoms with van der Waals surface area (Å²) in [6.45, 7) is 5.40. The second kappa shape index (κ2) is 22.1. The number of Topliss-reactive ketones (excluding diaryl/α,β-unsaturated/α-hetero) is 2. The Hall–Kier alpha value is -9.69. The van der Waals surface area contributed by atoms with Crippen molar-refractivity contribution in [1.82, 2.24) is 15.0 Å². The fourth-order valence-corrected chi connectivity index (χ4v) is 12.6. The molecule has 0 saturated heterocycles. The maximum Gasteiger partial charge on any atom is 0.450 e. The lowest BCUT2D eigenvalue weighted by molar-refractivity contribution is -0.171. The van der Waals surface area contributed by atoms with E-state index in [1.165, 1.54) is 24.3 Å². The van der Waals surface area contributed by atoms with Gasteiger partial charge in [-0.25, -0.2) is 0 Å². The molecule has 3 aromatic heterocycles. The summed E-state index contributed by atoms with van der Waals surface area (Å²) in [5.41, 5.74) is 8.24. The number of rotatable bonds is 14. The molecule has 3 N–H and O–H groups in total. The molecule has 86 heavy (non-hydrogen) atoms. The van der Waals surface area contributed by atoms with Gasteiger partial charge in [0.25, 0.3) is 0 Å². The summed E-state index contributed by atoms with van der Waals surface area (Å²) >= 11 is 0. The zero-order valence-electron chi connectivity index (χ0n) is 46.4. The molecule has 430 valence electrons. The molecule has 14 heteroatoms. The van der Waals surface area contributed by atoms with Crippen molar-refractivity contribution in [2.45, 2.75) is 63.5 Å². The minimum atomic E-state index is -5.40. The van der Waals surface area contributed by atoms with E-state index in [0.29, 0.717) is 94.4 Å². The Labute approximate surface area is 488 Å². The normalized spacial score (nSPS) is 13.3. The molecule has 0 aliphatic carbocycles. The maximum absolute atomic E-state index is 15.6. The van der Waals surface area contributed by atoms with E-state index in [-0.39, 0.29) is 38.9 Å². The van der Waals surface area contributed by atoms with Crippen LogP contribution in [-0.4, -0.2) is 45.0 Å². The van der Waals surface area contributed by atoms with Crippen LogP contribution in [0.1, 0.15) is 74.2 Å². The van der Waals surface area contributed by atoms with Crippen LogP contribution in [0, 0.1) is 20.8 Å². The third-order valence-electron chi connectivity index (χ3n) is 16.3. The van der Waals surface area contributed by atoms with E-state index in [1.807, 2.05) is 6.92 Å². The fraction of sp³-hybridized carbons (Fsp3) is 0.139. The van der Waals surface area contributed by atoms with Crippen molar-refractivity contribution in [3.05, 3.63) is 262 Å². The summed E-state index contributed by atoms with van der Waals surface area (Å²) in [6, 6.07) is 59.0. The molecule has 0 amide bonds. The lowest BCUT2D eigenvalue weighted by Crippen LogP contribution is -2.30. The molecule has 12 aromatic rings. The van der Waals surface area contributed by atoms with Crippen LogP contribution in [-0.2, 0) is 9.59 Å². The number of hydrogen-bond acceptors (Lipinski definition) is 2. The van der Waals surface area contributed by atoms with Gasteiger partial charge in [-0.15, -0.1) is 0 Å². The number of ketones is 2. The molecule has 5 nitrogen and oxygen atoms in total. The van der Waals surface area contributed by atoms with Gasteiger partial charge in [-0.1, -0.05) is 194 Å². The molecule has 0 aliphatic heterocycles. The van der Waals surface area contributed by atoms with Gasteiger partial charge in [0.15, 0.2) is 0 Å². The van der Waals surface area contributed by atoms with E-state index in [1.54, 1.807) is 202 Å². The van der Waals surface area contributed by atoms with Gasteiger partial charge < -0.3 is 15.0 Å². The van der Waals surface area contributed by atoms with Crippen molar-refractivity contribution in [3.63, 3.8) is 0 Å². The first-order valence-corrected chi connectivity index (χ1v) is 27.8. The Kier molecular flexibility index (Phi) is 14.6. The molecule has 0 saturated carbocycles. The predicted octanol–water partition coefficient (Wildman–Crippen LogP) is 20.0. The van der Waals surface area contributed by atoms with Gasteiger partial charge in [0.05, 0.1) is 46.4 Å². The second-order valence-corrected chi connectivity index (χ2v) is 21.9. The molecule has 0 spiro atoms. The van der Waals surface area contributed by atoms with Gasteiger partial charge in [0, 0.05) is 49.8 Å². The number of carbonyl (C=O) groups excluding carboxylic acids is 2. The van der Waals surface area contributed by atoms with Gasteiger partial charge in [-0.3, -0.25) is 9.59 Å². The zero-order valence-corrected chi connectivity index (χ0v) is 46.4. The largest absolute Gasteiger partial charge is 0.450 e. The molecule has 3 heterocycles. The Balaban J connectivity index is 1.07. The number of H-pyrrole nitrogens is 3. The highest BCUT2D eigenvalue weighted by atomic mass is 19.4. The van der Waals surface area contributed by atoms with Gasteiger partial charge in [-0.2, -0.15) is 39.5 Å². The lowest BCUT2D eigenvalue weighted by Gasteiger charge is -2.22. The fourth-order valence-electron chi connectivity index (χ4n) is 12.6. The summed E-state index contributed by atoms with van der Waals surface area (Å²) in [5, 5.41) is 1.08. The topological polar surface area (TPSA) is 81.5 Å². The summed E-state index contributed by atoms with van der Waals surface area (Å²) in [4.78, 5) is 39.0. The summed E-state index contributed by atoms with van der Waals surface area (Å²) < 4.78 is 137. The van der Waals surface area contributed by atoms with Crippen molar-refractivity contribution in [2.24, 2.45) is 0 Å². The highest BCUT2D eigenvalue weighted by Crippen LogP contribution is 2.50. The van der Waals surface area contributed by atoms with Crippen LogP contribution in [0.4, 0.5) is 39.5 Å². The first-order valence-electron chi connectivity index (χ1n) is 27.8. The van der Waals surface area contributed by atoms with Gasteiger partial charge >= 0.3 is 18.5 Å². The van der Waals surface area contributed by atoms with E-state index in [9.17, 15) is 22.8 Å². The van der Waals surface area contributed by atoms with Crippen LogP contribution < -0.4 is 0 Å². The number of alkyl halides is 9. The Bertz CT molecular complexity index is 4540. The number of fused-ring (bicyclic) bond motifs is 3. The van der Waals surface area contributed by atoms with Crippen molar-refractivity contribution in [2.75, 3.05) is 0 Å². The van der Waals surface area contributed by atoms with Crippen molar-refractivity contribution in [1.29, 1.82) is 0 Å². The quantitative estimate of drug-likeness (QED) is 0.0949. The monoisotopic (exact) mass is 1160 g/mol. The van der Waals surface area contributed by atoms with E-state index in [4.69, 9.17) is 0 Å². The Morgan fingerprint density at radius 2 is 0.756 bits per heavy atom. The highest BCUT2D eigenvalue weighted by molar-refractivity contribution is 6.08. The lowest BCUT2D eigenvalue weighted by atomic mass is 9.81. The number of benzene rings is 9. The molecule has 0 radical (unpaired) electrons. The van der Waals surface area contributed by atoms with Gasteiger partial charge in [0.2, 0.25) is 11.6 Å². The minimum absolute atomic E-state index is 0.00298. The Morgan fingerprint density at radius 1 is 0.384 bits per heavy atom. The predicted molar refractivity (Wildman–Crippen MR) is 321 cm³/mol. The number of carbonyl (C=O) groups is 2.